The molecule has 110 valence electrons. The molecule has 0 radical (unpaired) electrons. The molecule has 0 saturated carbocycles. The number of aromatic nitrogens is 2. The molecule has 0 aromatic carbocycles. The molecular weight excluding hydrogens is 292 g/mol. The van der Waals surface area contributed by atoms with Crippen molar-refractivity contribution in [1.82, 2.24) is 9.97 Å². The Morgan fingerprint density at radius 3 is 2.43 bits per heavy atom. The highest BCUT2D eigenvalue weighted by Gasteiger charge is 2.19. The Hall–Kier alpha value is -1.95. The lowest BCUT2D eigenvalue weighted by Crippen LogP contribution is -1.91. The van der Waals surface area contributed by atoms with Gasteiger partial charge in [-0.15, -0.1) is 11.8 Å². The number of pyridine rings is 2. The van der Waals surface area contributed by atoms with Gasteiger partial charge in [-0.1, -0.05) is 11.6 Å². The second-order valence-electron chi connectivity index (χ2n) is 4.55. The Labute approximate surface area is 126 Å². The number of nitrogens with two attached hydrogens (primary N) is 1. The van der Waals surface area contributed by atoms with Crippen molar-refractivity contribution in [3.63, 3.8) is 0 Å². The first-order valence-corrected chi connectivity index (χ1v) is 7.50. The first kappa shape index (κ1) is 15.4. The highest BCUT2D eigenvalue weighted by Crippen LogP contribution is 2.37. The maximum atomic E-state index is 12.9. The molecule has 3 nitrogen and oxygen atoms in total. The van der Waals surface area contributed by atoms with Crippen LogP contribution < -0.4 is 5.73 Å². The third-order valence-corrected chi connectivity index (χ3v) is 3.91. The minimum atomic E-state index is -0.501. The predicted octanol–water partition coefficient (Wildman–Crippen LogP) is 3.67. The topological polar surface area (TPSA) is 51.8 Å². The lowest BCUT2D eigenvalue weighted by Gasteiger charge is -2.00. The smallest absolute Gasteiger partial charge is 0.213 e. The molecule has 1 aliphatic rings. The zero-order valence-corrected chi connectivity index (χ0v) is 12.5. The number of halogens is 2. The van der Waals surface area contributed by atoms with Gasteiger partial charge in [-0.3, -0.25) is 0 Å². The fourth-order valence-corrected chi connectivity index (χ4v) is 2.82. The summed E-state index contributed by atoms with van der Waals surface area (Å²) >= 11 is 1.64. The van der Waals surface area contributed by atoms with E-state index in [-0.39, 0.29) is 5.95 Å². The molecule has 0 fully saturated rings. The Morgan fingerprint density at radius 1 is 1.14 bits per heavy atom. The summed E-state index contributed by atoms with van der Waals surface area (Å²) in [5.41, 5.74) is 8.95. The highest BCUT2D eigenvalue weighted by atomic mass is 32.2. The van der Waals surface area contributed by atoms with Crippen LogP contribution in [0.4, 0.5) is 14.5 Å². The second-order valence-corrected chi connectivity index (χ2v) is 5.36. The van der Waals surface area contributed by atoms with Gasteiger partial charge in [0.2, 0.25) is 11.9 Å². The molecule has 0 amide bonds. The van der Waals surface area contributed by atoms with Crippen molar-refractivity contribution in [2.24, 2.45) is 0 Å². The van der Waals surface area contributed by atoms with Crippen LogP contribution in [0, 0.1) is 11.9 Å². The molecule has 0 bridgehead atoms. The maximum Gasteiger partial charge on any atom is 0.213 e. The molecule has 0 saturated heterocycles. The Bertz CT molecular complexity index is 648. The number of nitrogen functional groups attached to an aromatic ring is 1. The normalized spacial score (nSPS) is 12.8. The molecule has 0 unspecified atom stereocenters. The van der Waals surface area contributed by atoms with Crippen molar-refractivity contribution in [3.05, 3.63) is 59.2 Å². The molecule has 0 spiro atoms. The zero-order chi connectivity index (χ0) is 15.4. The van der Waals surface area contributed by atoms with Crippen LogP contribution in [0.25, 0.3) is 4.91 Å². The molecule has 3 rings (SSSR count). The van der Waals surface area contributed by atoms with Crippen molar-refractivity contribution in [2.45, 2.75) is 13.3 Å². The lowest BCUT2D eigenvalue weighted by molar-refractivity contribution is 0.581. The number of hydrogen-bond acceptors (Lipinski definition) is 4. The monoisotopic (exact) mass is 307 g/mol. The Morgan fingerprint density at radius 2 is 1.86 bits per heavy atom. The van der Waals surface area contributed by atoms with Gasteiger partial charge in [0.15, 0.2) is 0 Å². The molecule has 2 heterocycles. The number of anilines is 1. The fourth-order valence-electron chi connectivity index (χ4n) is 2.03. The number of fused-ring (bicyclic) bond motifs is 1. The average molecular weight is 307 g/mol. The minimum Gasteiger partial charge on any atom is -0.397 e. The van der Waals surface area contributed by atoms with Crippen LogP contribution >= 0.6 is 11.8 Å². The molecule has 0 atom stereocenters. The molecule has 2 aromatic heterocycles. The van der Waals surface area contributed by atoms with Crippen molar-refractivity contribution in [3.8, 4) is 0 Å². The summed E-state index contributed by atoms with van der Waals surface area (Å²) in [5, 5.41) is 0. The molecular formula is C15H15F2N3S. The minimum absolute atomic E-state index is 0.389. The lowest BCUT2D eigenvalue weighted by atomic mass is 10.2. The zero-order valence-electron chi connectivity index (χ0n) is 11.7. The standard InChI is InChI=1S/C10H10FNS.C5H5FN2/c1-6-5-7-3-4-8(11)12-9(7)10(6)13-2;6-5-2-1-4(7)3-8-5/h3-4H,5H2,1-2H3;1-3H,7H2. The van der Waals surface area contributed by atoms with Gasteiger partial charge >= 0.3 is 0 Å². The molecule has 2 N–H and O–H groups in total. The summed E-state index contributed by atoms with van der Waals surface area (Å²) in [7, 11) is 0. The van der Waals surface area contributed by atoms with Gasteiger partial charge in [0.05, 0.1) is 17.6 Å². The number of hydrogen-bond donors (Lipinski definition) is 1. The Kier molecular flexibility index (Phi) is 4.90. The van der Waals surface area contributed by atoms with Crippen molar-refractivity contribution < 1.29 is 8.78 Å². The highest BCUT2D eigenvalue weighted by molar-refractivity contribution is 8.07. The van der Waals surface area contributed by atoms with Gasteiger partial charge in [-0.25, -0.2) is 9.97 Å². The van der Waals surface area contributed by atoms with Crippen LogP contribution in [0.5, 0.6) is 0 Å². The van der Waals surface area contributed by atoms with Gasteiger partial charge in [-0.2, -0.15) is 8.78 Å². The molecule has 21 heavy (non-hydrogen) atoms. The van der Waals surface area contributed by atoms with E-state index in [4.69, 9.17) is 5.73 Å². The summed E-state index contributed by atoms with van der Waals surface area (Å²) in [6.07, 6.45) is 4.19. The SMILES string of the molecule is CSC1=C(C)Cc2ccc(F)nc21.Nc1ccc(F)nc1. The van der Waals surface area contributed by atoms with Crippen LogP contribution in [-0.4, -0.2) is 16.2 Å². The third-order valence-electron chi connectivity index (χ3n) is 2.96. The fraction of sp³-hybridized carbons (Fsp3) is 0.200. The summed E-state index contributed by atoms with van der Waals surface area (Å²) in [4.78, 5) is 8.33. The molecule has 6 heteroatoms. The van der Waals surface area contributed by atoms with Gasteiger partial charge in [0.1, 0.15) is 0 Å². The van der Waals surface area contributed by atoms with Crippen molar-refractivity contribution >= 4 is 22.4 Å². The van der Waals surface area contributed by atoms with Crippen LogP contribution in [0.15, 0.2) is 36.0 Å². The van der Waals surface area contributed by atoms with E-state index >= 15 is 0 Å². The third kappa shape index (κ3) is 3.78. The van der Waals surface area contributed by atoms with E-state index in [0.717, 1.165) is 22.6 Å². The maximum absolute atomic E-state index is 12.9. The quantitative estimate of drug-likeness (QED) is 0.817. The van der Waals surface area contributed by atoms with E-state index in [1.807, 2.05) is 12.3 Å². The Balaban J connectivity index is 0.000000173. The van der Waals surface area contributed by atoms with Crippen molar-refractivity contribution in [1.29, 1.82) is 0 Å². The number of rotatable bonds is 1. The molecule has 2 aromatic rings. The number of thioether (sulfide) groups is 1. The number of allylic oxidation sites excluding steroid dienone is 1. The van der Waals surface area contributed by atoms with Crippen LogP contribution in [-0.2, 0) is 6.42 Å². The van der Waals surface area contributed by atoms with E-state index in [1.165, 1.54) is 30.0 Å². The van der Waals surface area contributed by atoms with E-state index in [0.29, 0.717) is 5.69 Å². The van der Waals surface area contributed by atoms with Crippen molar-refractivity contribution in [2.75, 3.05) is 12.0 Å². The largest absolute Gasteiger partial charge is 0.397 e. The summed E-state index contributed by atoms with van der Waals surface area (Å²) < 4.78 is 24.8. The summed E-state index contributed by atoms with van der Waals surface area (Å²) in [6, 6.07) is 5.93. The van der Waals surface area contributed by atoms with Gasteiger partial charge in [0.25, 0.3) is 0 Å². The number of nitrogens with zero attached hydrogens (tertiary/aromatic N) is 2. The van der Waals surface area contributed by atoms with Gasteiger partial charge < -0.3 is 5.73 Å². The predicted molar refractivity (Wildman–Crippen MR) is 82.6 cm³/mol. The van der Waals surface area contributed by atoms with E-state index < -0.39 is 5.95 Å². The van der Waals surface area contributed by atoms with E-state index in [1.54, 1.807) is 11.8 Å². The summed E-state index contributed by atoms with van der Waals surface area (Å²) in [5.74, 6) is -0.890. The van der Waals surface area contributed by atoms with Crippen LogP contribution in [0.2, 0.25) is 0 Å². The molecule has 0 aliphatic heterocycles. The van der Waals surface area contributed by atoms with E-state index in [9.17, 15) is 8.78 Å². The van der Waals surface area contributed by atoms with Crippen LogP contribution in [0.3, 0.4) is 0 Å². The van der Waals surface area contributed by atoms with Crippen LogP contribution in [0.1, 0.15) is 18.2 Å². The molecule has 1 aliphatic carbocycles. The first-order valence-electron chi connectivity index (χ1n) is 6.28. The second kappa shape index (κ2) is 6.67. The first-order chi connectivity index (χ1) is 10.0. The average Bonchev–Trinajstić information content (AvgIpc) is 2.77. The van der Waals surface area contributed by atoms with Gasteiger partial charge in [-0.05, 0) is 43.4 Å². The van der Waals surface area contributed by atoms with Gasteiger partial charge in [0, 0.05) is 4.91 Å². The van der Waals surface area contributed by atoms with E-state index in [2.05, 4.69) is 16.9 Å². The summed E-state index contributed by atoms with van der Waals surface area (Å²) in [6.45, 7) is 2.07.